The SMILES string of the molecule is CN1CCC(C2CCN(c3ccc(C(N)=O)nn3)C2)CC1. The van der Waals surface area contributed by atoms with Gasteiger partial charge in [0.15, 0.2) is 11.5 Å². The summed E-state index contributed by atoms with van der Waals surface area (Å²) >= 11 is 0. The fraction of sp³-hybridized carbons (Fsp3) is 0.667. The number of piperidine rings is 1. The van der Waals surface area contributed by atoms with Gasteiger partial charge in [-0.1, -0.05) is 0 Å². The second-order valence-electron chi connectivity index (χ2n) is 6.28. The number of likely N-dealkylation sites (tertiary alicyclic amines) is 1. The third-order valence-corrected chi connectivity index (χ3v) is 4.88. The molecule has 2 aliphatic rings. The van der Waals surface area contributed by atoms with Crippen molar-refractivity contribution in [3.63, 3.8) is 0 Å². The van der Waals surface area contributed by atoms with E-state index in [1.54, 1.807) is 6.07 Å². The molecule has 0 radical (unpaired) electrons. The molecule has 3 heterocycles. The summed E-state index contributed by atoms with van der Waals surface area (Å²) in [5.74, 6) is 1.93. The van der Waals surface area contributed by atoms with Crippen molar-refractivity contribution in [3.05, 3.63) is 17.8 Å². The molecule has 0 aliphatic carbocycles. The third kappa shape index (κ3) is 3.15. The maximum absolute atomic E-state index is 11.0. The van der Waals surface area contributed by atoms with Gasteiger partial charge in [-0.25, -0.2) is 0 Å². The molecular formula is C15H23N5O. The highest BCUT2D eigenvalue weighted by Crippen LogP contribution is 2.32. The van der Waals surface area contributed by atoms with Crippen LogP contribution in [0.4, 0.5) is 5.82 Å². The Hall–Kier alpha value is -1.69. The average Bonchev–Trinajstić information content (AvgIpc) is 2.98. The van der Waals surface area contributed by atoms with Crippen molar-refractivity contribution in [2.75, 3.05) is 38.1 Å². The molecule has 2 fully saturated rings. The van der Waals surface area contributed by atoms with Crippen LogP contribution in [0.25, 0.3) is 0 Å². The lowest BCUT2D eigenvalue weighted by atomic mass is 9.84. The summed E-state index contributed by atoms with van der Waals surface area (Å²) < 4.78 is 0. The van der Waals surface area contributed by atoms with Gasteiger partial charge in [-0.15, -0.1) is 10.2 Å². The van der Waals surface area contributed by atoms with Crippen LogP contribution in [-0.2, 0) is 0 Å². The van der Waals surface area contributed by atoms with Crippen molar-refractivity contribution in [1.82, 2.24) is 15.1 Å². The lowest BCUT2D eigenvalue weighted by molar-refractivity contribution is 0.0994. The molecule has 0 bridgehead atoms. The Labute approximate surface area is 125 Å². The zero-order valence-corrected chi connectivity index (χ0v) is 12.5. The van der Waals surface area contributed by atoms with Crippen LogP contribution in [0.3, 0.4) is 0 Å². The summed E-state index contributed by atoms with van der Waals surface area (Å²) in [4.78, 5) is 15.7. The van der Waals surface area contributed by atoms with E-state index >= 15 is 0 Å². The standard InChI is InChI=1S/C15H23N5O/c1-19-7-4-11(5-8-19)12-6-9-20(10-12)14-3-2-13(15(16)21)17-18-14/h2-3,11-12H,4-10H2,1H3,(H2,16,21). The van der Waals surface area contributed by atoms with Gasteiger partial charge in [0.25, 0.3) is 5.91 Å². The van der Waals surface area contributed by atoms with Gasteiger partial charge in [-0.3, -0.25) is 4.79 Å². The van der Waals surface area contributed by atoms with Crippen LogP contribution in [0.2, 0.25) is 0 Å². The minimum Gasteiger partial charge on any atom is -0.364 e. The molecule has 1 unspecified atom stereocenters. The summed E-state index contributed by atoms with van der Waals surface area (Å²) in [5.41, 5.74) is 5.42. The number of aromatic nitrogens is 2. The predicted molar refractivity (Wildman–Crippen MR) is 81.1 cm³/mol. The molecule has 3 rings (SSSR count). The van der Waals surface area contributed by atoms with Crippen molar-refractivity contribution in [2.45, 2.75) is 19.3 Å². The Balaban J connectivity index is 1.60. The Morgan fingerprint density at radius 1 is 1.14 bits per heavy atom. The molecule has 6 nitrogen and oxygen atoms in total. The van der Waals surface area contributed by atoms with Crippen LogP contribution in [0.1, 0.15) is 29.8 Å². The van der Waals surface area contributed by atoms with Gasteiger partial charge in [0.2, 0.25) is 0 Å². The van der Waals surface area contributed by atoms with Gasteiger partial charge in [0, 0.05) is 13.1 Å². The maximum Gasteiger partial charge on any atom is 0.269 e. The number of nitrogens with two attached hydrogens (primary N) is 1. The lowest BCUT2D eigenvalue weighted by Crippen LogP contribution is -2.34. The van der Waals surface area contributed by atoms with Crippen molar-refractivity contribution < 1.29 is 4.79 Å². The molecule has 21 heavy (non-hydrogen) atoms. The van der Waals surface area contributed by atoms with Gasteiger partial charge < -0.3 is 15.5 Å². The lowest BCUT2D eigenvalue weighted by Gasteiger charge is -2.32. The van der Waals surface area contributed by atoms with Crippen LogP contribution < -0.4 is 10.6 Å². The van der Waals surface area contributed by atoms with Gasteiger partial charge in [0.05, 0.1) is 0 Å². The average molecular weight is 289 g/mol. The summed E-state index contributed by atoms with van der Waals surface area (Å²) in [5, 5.41) is 8.04. The first kappa shape index (κ1) is 14.3. The predicted octanol–water partition coefficient (Wildman–Crippen LogP) is 0.744. The Bertz CT molecular complexity index is 495. The molecule has 2 saturated heterocycles. The molecular weight excluding hydrogens is 266 g/mol. The number of carbonyl (C=O) groups excluding carboxylic acids is 1. The monoisotopic (exact) mass is 289 g/mol. The van der Waals surface area contributed by atoms with Crippen LogP contribution >= 0.6 is 0 Å². The number of primary amides is 1. The van der Waals surface area contributed by atoms with E-state index in [2.05, 4.69) is 27.0 Å². The van der Waals surface area contributed by atoms with Crippen molar-refractivity contribution in [1.29, 1.82) is 0 Å². The van der Waals surface area contributed by atoms with Gasteiger partial charge >= 0.3 is 0 Å². The van der Waals surface area contributed by atoms with E-state index in [1.807, 2.05) is 6.07 Å². The Kier molecular flexibility index (Phi) is 4.05. The molecule has 6 heteroatoms. The molecule has 0 saturated carbocycles. The smallest absolute Gasteiger partial charge is 0.269 e. The molecule has 114 valence electrons. The van der Waals surface area contributed by atoms with E-state index in [0.717, 1.165) is 30.7 Å². The van der Waals surface area contributed by atoms with E-state index in [1.165, 1.54) is 32.4 Å². The van der Waals surface area contributed by atoms with Gasteiger partial charge in [-0.05, 0) is 63.4 Å². The summed E-state index contributed by atoms with van der Waals surface area (Å²) in [6, 6.07) is 3.51. The number of hydrogen-bond donors (Lipinski definition) is 1. The number of carbonyl (C=O) groups is 1. The first-order chi connectivity index (χ1) is 10.1. The Morgan fingerprint density at radius 3 is 2.48 bits per heavy atom. The Morgan fingerprint density at radius 2 is 1.86 bits per heavy atom. The van der Waals surface area contributed by atoms with E-state index in [9.17, 15) is 4.79 Å². The number of hydrogen-bond acceptors (Lipinski definition) is 5. The highest BCUT2D eigenvalue weighted by Gasteiger charge is 2.31. The van der Waals surface area contributed by atoms with Crippen molar-refractivity contribution in [3.8, 4) is 0 Å². The number of nitrogens with zero attached hydrogens (tertiary/aromatic N) is 4. The van der Waals surface area contributed by atoms with Crippen LogP contribution in [0.5, 0.6) is 0 Å². The topological polar surface area (TPSA) is 75.3 Å². The summed E-state index contributed by atoms with van der Waals surface area (Å²) in [6.45, 7) is 4.52. The minimum absolute atomic E-state index is 0.227. The third-order valence-electron chi connectivity index (χ3n) is 4.88. The quantitative estimate of drug-likeness (QED) is 0.888. The maximum atomic E-state index is 11.0. The van der Waals surface area contributed by atoms with Crippen LogP contribution in [0, 0.1) is 11.8 Å². The molecule has 1 amide bonds. The molecule has 1 atom stereocenters. The van der Waals surface area contributed by atoms with E-state index in [0.29, 0.717) is 0 Å². The summed E-state index contributed by atoms with van der Waals surface area (Å²) in [7, 11) is 2.20. The zero-order chi connectivity index (χ0) is 14.8. The van der Waals surface area contributed by atoms with E-state index in [-0.39, 0.29) is 5.69 Å². The molecule has 2 aliphatic heterocycles. The second-order valence-corrected chi connectivity index (χ2v) is 6.28. The fourth-order valence-corrected chi connectivity index (χ4v) is 3.51. The van der Waals surface area contributed by atoms with Gasteiger partial charge in [-0.2, -0.15) is 0 Å². The van der Waals surface area contributed by atoms with Crippen molar-refractivity contribution >= 4 is 11.7 Å². The van der Waals surface area contributed by atoms with Gasteiger partial charge in [0.1, 0.15) is 0 Å². The van der Waals surface area contributed by atoms with E-state index < -0.39 is 5.91 Å². The molecule has 1 aromatic heterocycles. The fourth-order valence-electron chi connectivity index (χ4n) is 3.51. The first-order valence-electron chi connectivity index (χ1n) is 7.70. The number of anilines is 1. The highest BCUT2D eigenvalue weighted by molar-refractivity contribution is 5.90. The molecule has 2 N–H and O–H groups in total. The molecule has 0 aromatic carbocycles. The number of rotatable bonds is 3. The van der Waals surface area contributed by atoms with E-state index in [4.69, 9.17) is 5.73 Å². The summed E-state index contributed by atoms with van der Waals surface area (Å²) in [6.07, 6.45) is 3.84. The van der Waals surface area contributed by atoms with Crippen LogP contribution in [-0.4, -0.2) is 54.2 Å². The first-order valence-corrected chi connectivity index (χ1v) is 7.70. The second kappa shape index (κ2) is 5.97. The van der Waals surface area contributed by atoms with Crippen molar-refractivity contribution in [2.24, 2.45) is 17.6 Å². The minimum atomic E-state index is -0.528. The molecule has 0 spiro atoms. The molecule has 1 aromatic rings. The zero-order valence-electron chi connectivity index (χ0n) is 12.5. The highest BCUT2D eigenvalue weighted by atomic mass is 16.1. The number of amides is 1. The van der Waals surface area contributed by atoms with Crippen LogP contribution in [0.15, 0.2) is 12.1 Å². The normalized spacial score (nSPS) is 24.4. The largest absolute Gasteiger partial charge is 0.364 e.